The summed E-state index contributed by atoms with van der Waals surface area (Å²) in [5, 5.41) is 0. The van der Waals surface area contributed by atoms with E-state index in [0.29, 0.717) is 19.1 Å². The summed E-state index contributed by atoms with van der Waals surface area (Å²) < 4.78 is 60.0. The minimum atomic E-state index is -4.90. The summed E-state index contributed by atoms with van der Waals surface area (Å²) in [7, 11) is 0. The van der Waals surface area contributed by atoms with E-state index in [-0.39, 0.29) is 0 Å². The highest BCUT2D eigenvalue weighted by atomic mass is 19.3. The molecule has 0 aromatic rings. The Balaban J connectivity index is 5.38. The van der Waals surface area contributed by atoms with Crippen LogP contribution in [0.15, 0.2) is 25.3 Å². The van der Waals surface area contributed by atoms with E-state index in [1.807, 2.05) is 0 Å². The fraction of sp³-hybridized carbons (Fsp3) is 0.400. The summed E-state index contributed by atoms with van der Waals surface area (Å²) in [6, 6.07) is -4.59. The average molecular weight is 270 g/mol. The Morgan fingerprint density at radius 3 is 1.67 bits per heavy atom. The van der Waals surface area contributed by atoms with Crippen molar-refractivity contribution in [3.63, 3.8) is 0 Å². The standard InChI is InChI=1S/C10H10F4O4/c1-4-7(15)17-10(14,18-8(16)5-2)9(12,13)6(3)11/h4-6H,1-2H2,3H3. The first kappa shape index (κ1) is 16.1. The van der Waals surface area contributed by atoms with Gasteiger partial charge in [-0.25, -0.2) is 14.0 Å². The van der Waals surface area contributed by atoms with Gasteiger partial charge in [0.05, 0.1) is 0 Å². The maximum absolute atomic E-state index is 13.7. The van der Waals surface area contributed by atoms with Gasteiger partial charge in [0.1, 0.15) is 0 Å². The summed E-state index contributed by atoms with van der Waals surface area (Å²) in [5.41, 5.74) is 0. The molecular formula is C10H10F4O4. The zero-order valence-electron chi connectivity index (χ0n) is 9.29. The summed E-state index contributed by atoms with van der Waals surface area (Å²) in [6.07, 6.45) is -2.40. The molecule has 0 aliphatic rings. The Morgan fingerprint density at radius 1 is 1.11 bits per heavy atom. The minimum Gasteiger partial charge on any atom is -0.386 e. The molecule has 18 heavy (non-hydrogen) atoms. The van der Waals surface area contributed by atoms with Gasteiger partial charge in [-0.2, -0.15) is 13.2 Å². The van der Waals surface area contributed by atoms with E-state index in [2.05, 4.69) is 22.6 Å². The summed E-state index contributed by atoms with van der Waals surface area (Å²) in [6.45, 7) is 5.96. The number of alkyl halides is 4. The van der Waals surface area contributed by atoms with E-state index in [4.69, 9.17) is 0 Å². The highest BCUT2D eigenvalue weighted by molar-refractivity contribution is 5.83. The fourth-order valence-electron chi connectivity index (χ4n) is 0.737. The molecule has 0 aromatic carbocycles. The lowest BCUT2D eigenvalue weighted by Gasteiger charge is -2.31. The SMILES string of the molecule is C=CC(=O)OC(F)(OC(=O)C=C)C(F)(F)C(C)F. The number of hydrogen-bond acceptors (Lipinski definition) is 4. The number of carbonyl (C=O) groups excluding carboxylic acids is 2. The molecule has 0 fully saturated rings. The first-order valence-electron chi connectivity index (χ1n) is 4.52. The van der Waals surface area contributed by atoms with Gasteiger partial charge in [0.25, 0.3) is 0 Å². The molecule has 8 heteroatoms. The molecule has 0 aliphatic carbocycles. The van der Waals surface area contributed by atoms with Crippen LogP contribution in [-0.4, -0.2) is 30.1 Å². The Morgan fingerprint density at radius 2 is 1.44 bits per heavy atom. The maximum Gasteiger partial charge on any atom is 0.482 e. The van der Waals surface area contributed by atoms with E-state index < -0.39 is 30.1 Å². The number of rotatable bonds is 6. The molecule has 4 nitrogen and oxygen atoms in total. The van der Waals surface area contributed by atoms with Crippen molar-refractivity contribution < 1.29 is 36.6 Å². The fourth-order valence-corrected chi connectivity index (χ4v) is 0.737. The molecule has 0 aromatic heterocycles. The Kier molecular flexibility index (Phi) is 5.07. The third kappa shape index (κ3) is 3.31. The average Bonchev–Trinajstić information content (AvgIpc) is 2.27. The Labute approximate surface area is 99.9 Å². The van der Waals surface area contributed by atoms with Crippen LogP contribution in [0.4, 0.5) is 17.6 Å². The molecule has 0 saturated carbocycles. The predicted octanol–water partition coefficient (Wildman–Crippen LogP) is 2.06. The molecule has 0 amide bonds. The van der Waals surface area contributed by atoms with E-state index in [1.54, 1.807) is 0 Å². The lowest BCUT2D eigenvalue weighted by molar-refractivity contribution is -0.378. The number of halogens is 4. The molecule has 0 heterocycles. The van der Waals surface area contributed by atoms with Gasteiger partial charge in [-0.1, -0.05) is 13.2 Å². The summed E-state index contributed by atoms with van der Waals surface area (Å²) in [5.74, 6) is -8.21. The van der Waals surface area contributed by atoms with E-state index in [9.17, 15) is 27.2 Å². The molecule has 0 saturated heterocycles. The van der Waals surface area contributed by atoms with Crippen molar-refractivity contribution in [3.05, 3.63) is 25.3 Å². The molecular weight excluding hydrogens is 260 g/mol. The molecule has 1 atom stereocenters. The molecule has 0 rings (SSSR count). The second-order valence-corrected chi connectivity index (χ2v) is 3.03. The van der Waals surface area contributed by atoms with Gasteiger partial charge in [-0.15, -0.1) is 0 Å². The number of hydrogen-bond donors (Lipinski definition) is 0. The molecule has 102 valence electrons. The molecule has 0 radical (unpaired) electrons. The lowest BCUT2D eigenvalue weighted by atomic mass is 10.2. The molecule has 0 aliphatic heterocycles. The number of carbonyl (C=O) groups is 2. The predicted molar refractivity (Wildman–Crippen MR) is 51.9 cm³/mol. The van der Waals surface area contributed by atoms with Crippen molar-refractivity contribution in [1.82, 2.24) is 0 Å². The van der Waals surface area contributed by atoms with Crippen molar-refractivity contribution in [2.75, 3.05) is 0 Å². The van der Waals surface area contributed by atoms with E-state index in [1.165, 1.54) is 0 Å². The van der Waals surface area contributed by atoms with E-state index in [0.717, 1.165) is 0 Å². The van der Waals surface area contributed by atoms with E-state index >= 15 is 0 Å². The quantitative estimate of drug-likeness (QED) is 0.321. The van der Waals surface area contributed by atoms with Gasteiger partial charge in [-0.3, -0.25) is 0 Å². The molecule has 0 spiro atoms. The van der Waals surface area contributed by atoms with Crippen LogP contribution in [0.3, 0.4) is 0 Å². The van der Waals surface area contributed by atoms with Gasteiger partial charge in [0.2, 0.25) is 0 Å². The second kappa shape index (κ2) is 5.65. The zero-order valence-corrected chi connectivity index (χ0v) is 9.29. The first-order valence-corrected chi connectivity index (χ1v) is 4.52. The van der Waals surface area contributed by atoms with Crippen molar-refractivity contribution >= 4 is 11.9 Å². The third-order valence-corrected chi connectivity index (χ3v) is 1.69. The summed E-state index contributed by atoms with van der Waals surface area (Å²) >= 11 is 0. The molecule has 1 unspecified atom stereocenters. The van der Waals surface area contributed by atoms with Crippen LogP contribution < -0.4 is 0 Å². The summed E-state index contributed by atoms with van der Waals surface area (Å²) in [4.78, 5) is 21.4. The van der Waals surface area contributed by atoms with Crippen LogP contribution in [-0.2, 0) is 19.1 Å². The van der Waals surface area contributed by atoms with Crippen LogP contribution in [0.1, 0.15) is 6.92 Å². The van der Waals surface area contributed by atoms with Gasteiger partial charge >= 0.3 is 23.9 Å². The van der Waals surface area contributed by atoms with Crippen molar-refractivity contribution in [2.24, 2.45) is 0 Å². The van der Waals surface area contributed by atoms with Crippen LogP contribution in [0, 0.1) is 0 Å². The van der Waals surface area contributed by atoms with Gasteiger partial charge in [0, 0.05) is 12.2 Å². The Bertz CT molecular complexity index is 343. The minimum absolute atomic E-state index is 0.303. The molecule has 0 bridgehead atoms. The van der Waals surface area contributed by atoms with Gasteiger partial charge in [0.15, 0.2) is 6.17 Å². The van der Waals surface area contributed by atoms with Crippen LogP contribution in [0.25, 0.3) is 0 Å². The Hall–Kier alpha value is -1.86. The molecule has 0 N–H and O–H groups in total. The highest BCUT2D eigenvalue weighted by Gasteiger charge is 2.66. The van der Waals surface area contributed by atoms with Crippen LogP contribution in [0.2, 0.25) is 0 Å². The maximum atomic E-state index is 13.7. The lowest BCUT2D eigenvalue weighted by Crippen LogP contribution is -2.55. The van der Waals surface area contributed by atoms with Gasteiger partial charge < -0.3 is 9.47 Å². The van der Waals surface area contributed by atoms with Crippen molar-refractivity contribution in [1.29, 1.82) is 0 Å². The topological polar surface area (TPSA) is 52.6 Å². The van der Waals surface area contributed by atoms with Gasteiger partial charge in [-0.05, 0) is 6.92 Å². The monoisotopic (exact) mass is 270 g/mol. The van der Waals surface area contributed by atoms with Crippen molar-refractivity contribution in [3.8, 4) is 0 Å². The largest absolute Gasteiger partial charge is 0.482 e. The van der Waals surface area contributed by atoms with Crippen LogP contribution in [0.5, 0.6) is 0 Å². The third-order valence-electron chi connectivity index (χ3n) is 1.69. The number of ether oxygens (including phenoxy) is 2. The number of esters is 2. The van der Waals surface area contributed by atoms with Crippen molar-refractivity contribution in [2.45, 2.75) is 25.1 Å². The first-order chi connectivity index (χ1) is 8.10. The smallest absolute Gasteiger partial charge is 0.386 e. The normalized spacial score (nSPS) is 13.4. The van der Waals surface area contributed by atoms with Crippen LogP contribution >= 0.6 is 0 Å². The second-order valence-electron chi connectivity index (χ2n) is 3.03. The zero-order chi connectivity index (χ0) is 14.6. The highest BCUT2D eigenvalue weighted by Crippen LogP contribution is 2.39.